The fourth-order valence-corrected chi connectivity index (χ4v) is 1.89. The molecule has 0 bridgehead atoms. The number of rotatable bonds is 5. The Labute approximate surface area is 97.8 Å². The predicted molar refractivity (Wildman–Crippen MR) is 55.3 cm³/mol. The fraction of sp³-hybridized carbons (Fsp3) is 0.900. The van der Waals surface area contributed by atoms with Crippen molar-refractivity contribution >= 4 is 5.91 Å². The molecule has 1 heterocycles. The van der Waals surface area contributed by atoms with Gasteiger partial charge in [0.1, 0.15) is 6.54 Å². The summed E-state index contributed by atoms with van der Waals surface area (Å²) in [6.07, 6.45) is -3.49. The highest BCUT2D eigenvalue weighted by Gasteiger charge is 2.33. The van der Waals surface area contributed by atoms with Crippen LogP contribution in [0.15, 0.2) is 0 Å². The van der Waals surface area contributed by atoms with Gasteiger partial charge in [0.15, 0.2) is 0 Å². The monoisotopic (exact) mass is 254 g/mol. The van der Waals surface area contributed by atoms with Crippen LogP contribution in [-0.4, -0.2) is 54.9 Å². The van der Waals surface area contributed by atoms with Gasteiger partial charge < -0.3 is 15.3 Å². The molecule has 1 amide bonds. The molecule has 1 atom stereocenters. The summed E-state index contributed by atoms with van der Waals surface area (Å²) in [5.41, 5.74) is 0. The van der Waals surface area contributed by atoms with E-state index < -0.39 is 25.2 Å². The minimum Gasteiger partial charge on any atom is -0.395 e. The lowest BCUT2D eigenvalue weighted by Gasteiger charge is -2.24. The van der Waals surface area contributed by atoms with E-state index in [-0.39, 0.29) is 18.9 Å². The Morgan fingerprint density at radius 2 is 2.18 bits per heavy atom. The summed E-state index contributed by atoms with van der Waals surface area (Å²) in [5, 5.41) is 11.7. The van der Waals surface area contributed by atoms with Crippen LogP contribution in [0.2, 0.25) is 0 Å². The zero-order valence-corrected chi connectivity index (χ0v) is 9.46. The quantitative estimate of drug-likeness (QED) is 0.745. The SMILES string of the molecule is O=C(CC1CCNC1)N(CCO)CC(F)(F)F. The molecular weight excluding hydrogens is 237 g/mol. The van der Waals surface area contributed by atoms with E-state index in [2.05, 4.69) is 5.32 Å². The number of hydrogen-bond acceptors (Lipinski definition) is 3. The molecule has 0 aromatic carbocycles. The number of amides is 1. The van der Waals surface area contributed by atoms with Gasteiger partial charge in [-0.15, -0.1) is 0 Å². The van der Waals surface area contributed by atoms with Crippen molar-refractivity contribution in [2.24, 2.45) is 5.92 Å². The molecule has 7 heteroatoms. The van der Waals surface area contributed by atoms with E-state index in [9.17, 15) is 18.0 Å². The van der Waals surface area contributed by atoms with Crippen molar-refractivity contribution in [3.05, 3.63) is 0 Å². The molecule has 0 aromatic rings. The molecule has 1 rings (SSSR count). The first-order valence-electron chi connectivity index (χ1n) is 5.58. The predicted octanol–water partition coefficient (Wildman–Crippen LogP) is 0.369. The van der Waals surface area contributed by atoms with Gasteiger partial charge in [-0.25, -0.2) is 0 Å². The van der Waals surface area contributed by atoms with Gasteiger partial charge in [0.05, 0.1) is 6.61 Å². The molecule has 0 saturated carbocycles. The maximum atomic E-state index is 12.2. The summed E-state index contributed by atoms with van der Waals surface area (Å²) >= 11 is 0. The van der Waals surface area contributed by atoms with Crippen LogP contribution in [0.1, 0.15) is 12.8 Å². The topological polar surface area (TPSA) is 52.6 Å². The summed E-state index contributed by atoms with van der Waals surface area (Å²) in [7, 11) is 0. The van der Waals surface area contributed by atoms with E-state index in [4.69, 9.17) is 5.11 Å². The van der Waals surface area contributed by atoms with Crippen molar-refractivity contribution in [2.75, 3.05) is 32.8 Å². The number of hydrogen-bond donors (Lipinski definition) is 2. The minimum atomic E-state index is -4.42. The molecule has 4 nitrogen and oxygen atoms in total. The summed E-state index contributed by atoms with van der Waals surface area (Å²) in [6.45, 7) is -0.530. The summed E-state index contributed by atoms with van der Waals surface area (Å²) in [4.78, 5) is 12.3. The second kappa shape index (κ2) is 6.20. The third-order valence-electron chi connectivity index (χ3n) is 2.72. The number of carbonyl (C=O) groups is 1. The molecular formula is C10H17F3N2O2. The van der Waals surface area contributed by atoms with Crippen molar-refractivity contribution in [3.63, 3.8) is 0 Å². The molecule has 1 aliphatic rings. The second-order valence-electron chi connectivity index (χ2n) is 4.22. The molecule has 17 heavy (non-hydrogen) atoms. The Morgan fingerprint density at radius 1 is 1.47 bits per heavy atom. The molecule has 100 valence electrons. The zero-order chi connectivity index (χ0) is 12.9. The van der Waals surface area contributed by atoms with E-state index in [0.717, 1.165) is 13.0 Å². The Hall–Kier alpha value is -0.820. The standard InChI is InChI=1S/C10H17F3N2O2/c11-10(12,13)7-15(3-4-16)9(17)5-8-1-2-14-6-8/h8,14,16H,1-7H2. The van der Waals surface area contributed by atoms with Gasteiger partial charge >= 0.3 is 6.18 Å². The first-order chi connectivity index (χ1) is 7.92. The third-order valence-corrected chi connectivity index (χ3v) is 2.72. The van der Waals surface area contributed by atoms with Crippen LogP contribution >= 0.6 is 0 Å². The Morgan fingerprint density at radius 3 is 2.65 bits per heavy atom. The molecule has 0 aliphatic carbocycles. The highest BCUT2D eigenvalue weighted by atomic mass is 19.4. The lowest BCUT2D eigenvalue weighted by atomic mass is 10.0. The van der Waals surface area contributed by atoms with Crippen molar-refractivity contribution in [1.29, 1.82) is 0 Å². The highest BCUT2D eigenvalue weighted by molar-refractivity contribution is 5.76. The second-order valence-corrected chi connectivity index (χ2v) is 4.22. The molecule has 0 spiro atoms. The average Bonchev–Trinajstić information content (AvgIpc) is 2.67. The Balaban J connectivity index is 2.47. The maximum absolute atomic E-state index is 12.2. The third kappa shape index (κ3) is 5.36. The molecule has 0 aromatic heterocycles. The number of nitrogens with one attached hydrogen (secondary N) is 1. The van der Waals surface area contributed by atoms with E-state index in [1.54, 1.807) is 0 Å². The lowest BCUT2D eigenvalue weighted by molar-refractivity contribution is -0.162. The number of aliphatic hydroxyl groups is 1. The van der Waals surface area contributed by atoms with Crippen molar-refractivity contribution < 1.29 is 23.1 Å². The van der Waals surface area contributed by atoms with E-state index >= 15 is 0 Å². The summed E-state index contributed by atoms with van der Waals surface area (Å²) in [6, 6.07) is 0. The van der Waals surface area contributed by atoms with Gasteiger partial charge in [-0.05, 0) is 25.4 Å². The molecule has 2 N–H and O–H groups in total. The van der Waals surface area contributed by atoms with Crippen LogP contribution < -0.4 is 5.32 Å². The van der Waals surface area contributed by atoms with Crippen molar-refractivity contribution in [3.8, 4) is 0 Å². The molecule has 1 fully saturated rings. The van der Waals surface area contributed by atoms with E-state index in [1.807, 2.05) is 0 Å². The zero-order valence-electron chi connectivity index (χ0n) is 9.46. The van der Waals surface area contributed by atoms with Gasteiger partial charge in [0.2, 0.25) is 5.91 Å². The first-order valence-corrected chi connectivity index (χ1v) is 5.58. The molecule has 0 radical (unpaired) electrons. The van der Waals surface area contributed by atoms with Crippen LogP contribution in [0.5, 0.6) is 0 Å². The Kier molecular flexibility index (Phi) is 5.20. The van der Waals surface area contributed by atoms with Gasteiger partial charge in [-0.3, -0.25) is 4.79 Å². The van der Waals surface area contributed by atoms with Gasteiger partial charge in [-0.2, -0.15) is 13.2 Å². The highest BCUT2D eigenvalue weighted by Crippen LogP contribution is 2.19. The van der Waals surface area contributed by atoms with Gasteiger partial charge in [0.25, 0.3) is 0 Å². The first kappa shape index (κ1) is 14.2. The molecule has 1 saturated heterocycles. The molecule has 1 aliphatic heterocycles. The maximum Gasteiger partial charge on any atom is 0.406 e. The van der Waals surface area contributed by atoms with Crippen molar-refractivity contribution in [1.82, 2.24) is 10.2 Å². The Bertz CT molecular complexity index is 252. The van der Waals surface area contributed by atoms with Crippen molar-refractivity contribution in [2.45, 2.75) is 19.0 Å². The van der Waals surface area contributed by atoms with Gasteiger partial charge in [0, 0.05) is 13.0 Å². The number of nitrogens with zero attached hydrogens (tertiary/aromatic N) is 1. The van der Waals surface area contributed by atoms with E-state index in [1.165, 1.54) is 0 Å². The minimum absolute atomic E-state index is 0.108. The van der Waals surface area contributed by atoms with Crippen LogP contribution in [0.3, 0.4) is 0 Å². The average molecular weight is 254 g/mol. The number of halogens is 3. The summed E-state index contributed by atoms with van der Waals surface area (Å²) < 4.78 is 36.6. The van der Waals surface area contributed by atoms with Crippen LogP contribution in [0, 0.1) is 5.92 Å². The summed E-state index contributed by atoms with van der Waals surface area (Å²) in [5.74, 6) is -0.429. The van der Waals surface area contributed by atoms with Crippen LogP contribution in [0.25, 0.3) is 0 Å². The van der Waals surface area contributed by atoms with E-state index in [0.29, 0.717) is 11.4 Å². The fourth-order valence-electron chi connectivity index (χ4n) is 1.89. The molecule has 1 unspecified atom stereocenters. The number of carbonyl (C=O) groups excluding carboxylic acids is 1. The largest absolute Gasteiger partial charge is 0.406 e. The number of aliphatic hydroxyl groups excluding tert-OH is 1. The van der Waals surface area contributed by atoms with Crippen LogP contribution in [-0.2, 0) is 4.79 Å². The smallest absolute Gasteiger partial charge is 0.395 e. The lowest BCUT2D eigenvalue weighted by Crippen LogP contribution is -2.41. The van der Waals surface area contributed by atoms with Crippen LogP contribution in [0.4, 0.5) is 13.2 Å². The number of alkyl halides is 3. The normalized spacial score (nSPS) is 20.6. The van der Waals surface area contributed by atoms with Gasteiger partial charge in [-0.1, -0.05) is 0 Å².